The first kappa shape index (κ1) is 13.6. The first-order chi connectivity index (χ1) is 7.86. The molecular weight excluding hydrogens is 212 g/mol. The fraction of sp³-hybridized carbons (Fsp3) is 0.500. The number of amides is 2. The van der Waals surface area contributed by atoms with Gasteiger partial charge in [-0.15, -0.1) is 0 Å². The Hall–Kier alpha value is -1.51. The van der Waals surface area contributed by atoms with Crippen molar-refractivity contribution in [1.82, 2.24) is 10.6 Å². The Morgan fingerprint density at radius 2 is 1.88 bits per heavy atom. The van der Waals surface area contributed by atoms with E-state index in [0.717, 1.165) is 0 Å². The zero-order valence-electron chi connectivity index (χ0n) is 11.3. The number of urea groups is 1. The maximum atomic E-state index is 11.2. The Labute approximate surface area is 104 Å². The first-order valence-corrected chi connectivity index (χ1v) is 5.90. The first-order valence-electron chi connectivity index (χ1n) is 5.90. The molecule has 3 nitrogen and oxygen atoms in total. The normalized spacial score (nSPS) is 11.1. The molecule has 0 aliphatic heterocycles. The molecule has 0 radical (unpaired) electrons. The van der Waals surface area contributed by atoms with Crippen molar-refractivity contribution in [1.29, 1.82) is 0 Å². The lowest BCUT2D eigenvalue weighted by Crippen LogP contribution is -2.41. The van der Waals surface area contributed by atoms with E-state index in [2.05, 4.69) is 56.5 Å². The standard InChI is InChI=1S/C14H22N2O/c1-10-6-7-12(8-11(10)2)14(3,4)9-16-13(17)15-5/h6-8H,9H2,1-5H3,(H2,15,16,17). The van der Waals surface area contributed by atoms with Gasteiger partial charge in [-0.25, -0.2) is 4.79 Å². The summed E-state index contributed by atoms with van der Waals surface area (Å²) < 4.78 is 0. The molecule has 0 spiro atoms. The topological polar surface area (TPSA) is 41.1 Å². The molecule has 0 aliphatic carbocycles. The van der Waals surface area contributed by atoms with Gasteiger partial charge in [0, 0.05) is 19.0 Å². The summed E-state index contributed by atoms with van der Waals surface area (Å²) in [6.07, 6.45) is 0. The van der Waals surface area contributed by atoms with Crippen molar-refractivity contribution in [3.63, 3.8) is 0 Å². The molecule has 0 aliphatic rings. The molecule has 1 aromatic carbocycles. The molecule has 0 atom stereocenters. The van der Waals surface area contributed by atoms with Gasteiger partial charge in [0.1, 0.15) is 0 Å². The number of carbonyl (C=O) groups excluding carboxylic acids is 1. The van der Waals surface area contributed by atoms with E-state index in [4.69, 9.17) is 0 Å². The van der Waals surface area contributed by atoms with E-state index in [0.29, 0.717) is 6.54 Å². The lowest BCUT2D eigenvalue weighted by molar-refractivity contribution is 0.240. The van der Waals surface area contributed by atoms with Crippen molar-refractivity contribution in [2.45, 2.75) is 33.1 Å². The predicted molar refractivity (Wildman–Crippen MR) is 71.4 cm³/mol. The van der Waals surface area contributed by atoms with Crippen molar-refractivity contribution >= 4 is 6.03 Å². The van der Waals surface area contributed by atoms with Crippen LogP contribution in [0.5, 0.6) is 0 Å². The second-order valence-electron chi connectivity index (χ2n) is 5.12. The van der Waals surface area contributed by atoms with Gasteiger partial charge >= 0.3 is 6.03 Å². The predicted octanol–water partition coefficient (Wildman–Crippen LogP) is 2.51. The quantitative estimate of drug-likeness (QED) is 0.829. The Kier molecular flexibility index (Phi) is 4.16. The SMILES string of the molecule is CNC(=O)NCC(C)(C)c1ccc(C)c(C)c1. The summed E-state index contributed by atoms with van der Waals surface area (Å²) in [5.74, 6) is 0. The Balaban J connectivity index is 2.81. The van der Waals surface area contributed by atoms with E-state index >= 15 is 0 Å². The smallest absolute Gasteiger partial charge is 0.314 e. The van der Waals surface area contributed by atoms with Crippen LogP contribution in [-0.2, 0) is 5.41 Å². The Morgan fingerprint density at radius 1 is 1.24 bits per heavy atom. The van der Waals surface area contributed by atoms with Crippen molar-refractivity contribution in [2.75, 3.05) is 13.6 Å². The maximum absolute atomic E-state index is 11.2. The number of rotatable bonds is 3. The average molecular weight is 234 g/mol. The highest BCUT2D eigenvalue weighted by Crippen LogP contribution is 2.24. The molecule has 0 unspecified atom stereocenters. The Bertz CT molecular complexity index is 411. The molecule has 0 saturated heterocycles. The molecule has 17 heavy (non-hydrogen) atoms. The molecule has 3 heteroatoms. The molecule has 94 valence electrons. The van der Waals surface area contributed by atoms with Gasteiger partial charge in [-0.1, -0.05) is 32.0 Å². The third kappa shape index (κ3) is 3.48. The van der Waals surface area contributed by atoms with Gasteiger partial charge in [0.25, 0.3) is 0 Å². The van der Waals surface area contributed by atoms with Gasteiger partial charge in [0.2, 0.25) is 0 Å². The molecule has 0 bridgehead atoms. The number of benzene rings is 1. The Morgan fingerprint density at radius 3 is 2.41 bits per heavy atom. The fourth-order valence-electron chi connectivity index (χ4n) is 1.65. The van der Waals surface area contributed by atoms with Crippen LogP contribution in [0.3, 0.4) is 0 Å². The summed E-state index contributed by atoms with van der Waals surface area (Å²) in [5, 5.41) is 5.41. The number of carbonyl (C=O) groups is 1. The summed E-state index contributed by atoms with van der Waals surface area (Å²) in [6, 6.07) is 6.32. The molecule has 0 saturated carbocycles. The lowest BCUT2D eigenvalue weighted by atomic mass is 9.83. The molecular formula is C14H22N2O. The zero-order valence-corrected chi connectivity index (χ0v) is 11.3. The third-order valence-corrected chi connectivity index (χ3v) is 3.21. The molecule has 2 N–H and O–H groups in total. The van der Waals surface area contributed by atoms with Crippen LogP contribution in [0.4, 0.5) is 4.79 Å². The second-order valence-corrected chi connectivity index (χ2v) is 5.12. The molecule has 0 fully saturated rings. The molecule has 1 rings (SSSR count). The number of hydrogen-bond donors (Lipinski definition) is 2. The summed E-state index contributed by atoms with van der Waals surface area (Å²) >= 11 is 0. The average Bonchev–Trinajstić information content (AvgIpc) is 2.29. The largest absolute Gasteiger partial charge is 0.341 e. The molecule has 1 aromatic rings. The van der Waals surface area contributed by atoms with Crippen LogP contribution in [0.25, 0.3) is 0 Å². The van der Waals surface area contributed by atoms with Gasteiger partial charge < -0.3 is 10.6 Å². The molecule has 0 aromatic heterocycles. The van der Waals surface area contributed by atoms with E-state index < -0.39 is 0 Å². The zero-order chi connectivity index (χ0) is 13.1. The van der Waals surface area contributed by atoms with Crippen molar-refractivity contribution in [2.24, 2.45) is 0 Å². The monoisotopic (exact) mass is 234 g/mol. The minimum Gasteiger partial charge on any atom is -0.341 e. The van der Waals surface area contributed by atoms with Crippen LogP contribution in [-0.4, -0.2) is 19.6 Å². The highest BCUT2D eigenvalue weighted by atomic mass is 16.2. The van der Waals surface area contributed by atoms with Crippen LogP contribution in [0.1, 0.15) is 30.5 Å². The summed E-state index contributed by atoms with van der Waals surface area (Å²) in [5.41, 5.74) is 3.77. The van der Waals surface area contributed by atoms with Crippen LogP contribution >= 0.6 is 0 Å². The van der Waals surface area contributed by atoms with E-state index in [1.165, 1.54) is 16.7 Å². The lowest BCUT2D eigenvalue weighted by Gasteiger charge is -2.26. The van der Waals surface area contributed by atoms with Crippen LogP contribution < -0.4 is 10.6 Å². The van der Waals surface area contributed by atoms with Gasteiger partial charge in [0.05, 0.1) is 0 Å². The maximum Gasteiger partial charge on any atom is 0.314 e. The molecule has 2 amide bonds. The summed E-state index contributed by atoms with van der Waals surface area (Å²) in [4.78, 5) is 11.2. The van der Waals surface area contributed by atoms with Gasteiger partial charge in [-0.3, -0.25) is 0 Å². The fourth-order valence-corrected chi connectivity index (χ4v) is 1.65. The summed E-state index contributed by atoms with van der Waals surface area (Å²) in [6.45, 7) is 9.10. The van der Waals surface area contributed by atoms with E-state index in [1.54, 1.807) is 7.05 Å². The minimum atomic E-state index is -0.137. The van der Waals surface area contributed by atoms with E-state index in [-0.39, 0.29) is 11.4 Å². The number of hydrogen-bond acceptors (Lipinski definition) is 1. The highest BCUT2D eigenvalue weighted by Gasteiger charge is 2.21. The van der Waals surface area contributed by atoms with Gasteiger partial charge in [-0.05, 0) is 30.5 Å². The van der Waals surface area contributed by atoms with Gasteiger partial charge in [-0.2, -0.15) is 0 Å². The minimum absolute atomic E-state index is 0.0645. The van der Waals surface area contributed by atoms with Crippen LogP contribution in [0, 0.1) is 13.8 Å². The molecule has 0 heterocycles. The van der Waals surface area contributed by atoms with Crippen LogP contribution in [0.15, 0.2) is 18.2 Å². The van der Waals surface area contributed by atoms with Crippen LogP contribution in [0.2, 0.25) is 0 Å². The van der Waals surface area contributed by atoms with E-state index in [9.17, 15) is 4.79 Å². The van der Waals surface area contributed by atoms with Crippen molar-refractivity contribution in [3.05, 3.63) is 34.9 Å². The third-order valence-electron chi connectivity index (χ3n) is 3.21. The summed E-state index contributed by atoms with van der Waals surface area (Å²) in [7, 11) is 1.62. The van der Waals surface area contributed by atoms with Crippen molar-refractivity contribution < 1.29 is 4.79 Å². The van der Waals surface area contributed by atoms with E-state index in [1.807, 2.05) is 0 Å². The highest BCUT2D eigenvalue weighted by molar-refractivity contribution is 5.73. The number of nitrogens with one attached hydrogen (secondary N) is 2. The van der Waals surface area contributed by atoms with Gasteiger partial charge in [0.15, 0.2) is 0 Å². The number of aryl methyl sites for hydroxylation is 2. The second kappa shape index (κ2) is 5.21. The van der Waals surface area contributed by atoms with Crippen molar-refractivity contribution in [3.8, 4) is 0 Å².